The molecule has 36 heavy (non-hydrogen) atoms. The third-order valence-corrected chi connectivity index (χ3v) is 10.3. The molecule has 0 aromatic rings. The lowest BCUT2D eigenvalue weighted by Crippen LogP contribution is -2.50. The maximum Gasteiger partial charge on any atom is 0.503 e. The van der Waals surface area contributed by atoms with Gasteiger partial charge in [-0.3, -0.25) is 0 Å². The summed E-state index contributed by atoms with van der Waals surface area (Å²) in [6.07, 6.45) is 13.5. The van der Waals surface area contributed by atoms with Crippen LogP contribution in [-0.4, -0.2) is 43.9 Å². The quantitative estimate of drug-likeness (QED) is 0.238. The minimum Gasteiger partial charge on any atom is -0.450 e. The maximum absolute atomic E-state index is 10.2. The van der Waals surface area contributed by atoms with Crippen LogP contribution in [0.4, 0.5) is 9.59 Å². The molecule has 0 saturated heterocycles. The number of hydrogen-bond donors (Lipinski definition) is 5. The average Bonchev–Trinajstić information content (AvgIpc) is 3.10. The second kappa shape index (κ2) is 12.7. The fraction of sp³-hybridized carbons (Fsp3) is 0.862. The first-order valence-electron chi connectivity index (χ1n) is 13.9. The second-order valence-corrected chi connectivity index (χ2v) is 12.8. The summed E-state index contributed by atoms with van der Waals surface area (Å²) in [5.74, 6) is 5.46. The molecule has 0 bridgehead atoms. The second-order valence-electron chi connectivity index (χ2n) is 12.8. The molecule has 0 heterocycles. The van der Waals surface area contributed by atoms with Crippen molar-refractivity contribution in [1.82, 2.24) is 0 Å². The van der Waals surface area contributed by atoms with Crippen LogP contribution in [0.5, 0.6) is 0 Å². The predicted octanol–water partition coefficient (Wildman–Crippen LogP) is 7.83. The van der Waals surface area contributed by atoms with Crippen LogP contribution >= 0.6 is 0 Å². The van der Waals surface area contributed by atoms with Crippen LogP contribution in [-0.2, 0) is 0 Å². The van der Waals surface area contributed by atoms with Crippen molar-refractivity contribution in [3.05, 3.63) is 11.6 Å². The van der Waals surface area contributed by atoms with Crippen LogP contribution in [0.2, 0.25) is 0 Å². The van der Waals surface area contributed by atoms with E-state index in [9.17, 15) is 5.11 Å². The van der Waals surface area contributed by atoms with Gasteiger partial charge in [0, 0.05) is 0 Å². The van der Waals surface area contributed by atoms with E-state index in [1.54, 1.807) is 5.57 Å². The van der Waals surface area contributed by atoms with Gasteiger partial charge in [-0.25, -0.2) is 9.59 Å². The van der Waals surface area contributed by atoms with E-state index in [4.69, 9.17) is 30.0 Å². The van der Waals surface area contributed by atoms with Crippen LogP contribution in [0, 0.1) is 46.3 Å². The first-order valence-corrected chi connectivity index (χ1v) is 13.9. The van der Waals surface area contributed by atoms with E-state index in [1.165, 1.54) is 57.8 Å². The van der Waals surface area contributed by atoms with Crippen molar-refractivity contribution >= 4 is 12.3 Å². The average molecular weight is 511 g/mol. The van der Waals surface area contributed by atoms with E-state index in [0.717, 1.165) is 48.3 Å². The highest BCUT2D eigenvalue weighted by atomic mass is 16.6. The molecule has 0 aliphatic heterocycles. The molecule has 0 spiro atoms. The Hall–Kier alpha value is -1.76. The molecule has 0 radical (unpaired) electrons. The highest BCUT2D eigenvalue weighted by molar-refractivity contribution is 5.53. The molecule has 0 aromatic carbocycles. The van der Waals surface area contributed by atoms with E-state index >= 15 is 0 Å². The van der Waals surface area contributed by atoms with Gasteiger partial charge >= 0.3 is 12.3 Å². The van der Waals surface area contributed by atoms with Gasteiger partial charge in [-0.1, -0.05) is 65.5 Å². The van der Waals surface area contributed by atoms with Gasteiger partial charge in [-0.2, -0.15) is 0 Å². The van der Waals surface area contributed by atoms with Gasteiger partial charge in [-0.15, -0.1) is 0 Å². The Labute approximate surface area is 217 Å². The fourth-order valence-corrected chi connectivity index (χ4v) is 8.67. The molecule has 8 atom stereocenters. The SMILES string of the molecule is CC(C)CCC[C@@H](C)[C@H]1CC[C@H]2[C@@H]3CC=C4C[C@@H](O)CC[C@]4(C)[C@H]3CC[C@]12C.O=C(O)O.O=C(O)O. The number of fused-ring (bicyclic) bond motifs is 5. The monoisotopic (exact) mass is 510 g/mol. The number of allylic oxidation sites excluding steroid dienone is 1. The molecular weight excluding hydrogens is 460 g/mol. The van der Waals surface area contributed by atoms with E-state index < -0.39 is 12.3 Å². The Balaban J connectivity index is 0.000000501. The molecule has 7 nitrogen and oxygen atoms in total. The van der Waals surface area contributed by atoms with Crippen molar-refractivity contribution in [3.8, 4) is 0 Å². The summed E-state index contributed by atoms with van der Waals surface area (Å²) in [5.41, 5.74) is 2.60. The van der Waals surface area contributed by atoms with Gasteiger partial charge in [0.05, 0.1) is 6.10 Å². The lowest BCUT2D eigenvalue weighted by molar-refractivity contribution is -0.0573. The van der Waals surface area contributed by atoms with Crippen LogP contribution in [0.15, 0.2) is 11.6 Å². The van der Waals surface area contributed by atoms with Crippen LogP contribution in [0.25, 0.3) is 0 Å². The minimum absolute atomic E-state index is 0.0766. The number of rotatable bonds is 5. The van der Waals surface area contributed by atoms with Crippen molar-refractivity contribution in [2.75, 3.05) is 0 Å². The largest absolute Gasteiger partial charge is 0.503 e. The lowest BCUT2D eigenvalue weighted by atomic mass is 9.47. The van der Waals surface area contributed by atoms with E-state index in [2.05, 4.69) is 40.7 Å². The number of carbonyl (C=O) groups is 2. The van der Waals surface area contributed by atoms with Gasteiger partial charge in [0.25, 0.3) is 0 Å². The standard InChI is InChI=1S/C27H46O.2CH2O3/c1-18(2)7-6-8-19(3)23-11-12-24-22-10-9-20-17-21(28)13-15-26(20,4)25(22)14-16-27(23,24)5;2*2-1(3)4/h9,18-19,21-25,28H,6-8,10-17H2,1-5H3;2*(H2,2,3,4)/t19-,21+,22+,23-,24+,25+,26+,27-;;/m1../s1. The van der Waals surface area contributed by atoms with Crippen molar-refractivity contribution in [1.29, 1.82) is 0 Å². The van der Waals surface area contributed by atoms with Crippen LogP contribution < -0.4 is 0 Å². The Morgan fingerprint density at radius 3 is 2.11 bits per heavy atom. The Morgan fingerprint density at radius 1 is 0.917 bits per heavy atom. The lowest BCUT2D eigenvalue weighted by Gasteiger charge is -2.58. The molecular formula is C29H50O7. The third kappa shape index (κ3) is 7.17. The minimum atomic E-state index is -1.83. The zero-order valence-corrected chi connectivity index (χ0v) is 22.9. The van der Waals surface area contributed by atoms with Gasteiger partial charge in [0.15, 0.2) is 0 Å². The summed E-state index contributed by atoms with van der Waals surface area (Å²) in [7, 11) is 0. The summed E-state index contributed by atoms with van der Waals surface area (Å²) in [4.78, 5) is 17.1. The molecule has 0 unspecified atom stereocenters. The molecule has 4 aliphatic rings. The van der Waals surface area contributed by atoms with E-state index in [0.29, 0.717) is 10.8 Å². The third-order valence-electron chi connectivity index (χ3n) is 10.3. The van der Waals surface area contributed by atoms with Gasteiger partial charge in [0.2, 0.25) is 0 Å². The summed E-state index contributed by atoms with van der Waals surface area (Å²) in [6, 6.07) is 0. The smallest absolute Gasteiger partial charge is 0.450 e. The number of hydrogen-bond acceptors (Lipinski definition) is 3. The zero-order valence-electron chi connectivity index (χ0n) is 22.9. The molecule has 0 aromatic heterocycles. The zero-order chi connectivity index (χ0) is 27.3. The molecule has 7 heteroatoms. The van der Waals surface area contributed by atoms with Gasteiger partial charge in [-0.05, 0) is 97.7 Å². The van der Waals surface area contributed by atoms with E-state index in [1.807, 2.05) is 0 Å². The molecule has 208 valence electrons. The topological polar surface area (TPSA) is 135 Å². The summed E-state index contributed by atoms with van der Waals surface area (Å²) < 4.78 is 0. The van der Waals surface area contributed by atoms with Crippen molar-refractivity contribution in [2.24, 2.45) is 46.3 Å². The highest BCUT2D eigenvalue weighted by Crippen LogP contribution is 2.67. The Bertz CT molecular complexity index is 758. The molecule has 5 N–H and O–H groups in total. The number of aliphatic hydroxyl groups is 1. The first kappa shape index (κ1) is 30.5. The molecule has 0 amide bonds. The summed E-state index contributed by atoms with van der Waals surface area (Å²) in [5, 5.41) is 38.1. The Kier molecular flexibility index (Phi) is 10.7. The molecule has 4 aliphatic carbocycles. The fourth-order valence-electron chi connectivity index (χ4n) is 8.67. The normalized spacial score (nSPS) is 37.5. The van der Waals surface area contributed by atoms with E-state index in [-0.39, 0.29) is 6.10 Å². The Morgan fingerprint density at radius 2 is 1.53 bits per heavy atom. The van der Waals surface area contributed by atoms with Crippen molar-refractivity contribution in [3.63, 3.8) is 0 Å². The van der Waals surface area contributed by atoms with Crippen molar-refractivity contribution < 1.29 is 35.1 Å². The maximum atomic E-state index is 10.2. The van der Waals surface area contributed by atoms with Crippen LogP contribution in [0.3, 0.4) is 0 Å². The van der Waals surface area contributed by atoms with Gasteiger partial charge < -0.3 is 25.5 Å². The van der Waals surface area contributed by atoms with Gasteiger partial charge in [0.1, 0.15) is 0 Å². The summed E-state index contributed by atoms with van der Waals surface area (Å²) >= 11 is 0. The molecule has 3 saturated carbocycles. The highest BCUT2D eigenvalue weighted by Gasteiger charge is 2.59. The first-order chi connectivity index (χ1) is 16.7. The number of aliphatic hydroxyl groups excluding tert-OH is 1. The predicted molar refractivity (Wildman–Crippen MR) is 140 cm³/mol. The van der Waals surface area contributed by atoms with Crippen LogP contribution in [0.1, 0.15) is 105 Å². The molecule has 4 rings (SSSR count). The summed E-state index contributed by atoms with van der Waals surface area (Å²) in [6.45, 7) is 12.6. The number of carboxylic acid groups (broad SMARTS) is 4. The molecule has 3 fully saturated rings. The van der Waals surface area contributed by atoms with Crippen molar-refractivity contribution in [2.45, 2.75) is 111 Å².